The molecule has 6 heterocycles. The lowest BCUT2D eigenvalue weighted by molar-refractivity contribution is 0.177. The fourth-order valence-electron chi connectivity index (χ4n) is 14.3. The van der Waals surface area contributed by atoms with E-state index >= 15 is 0 Å². The highest BCUT2D eigenvalue weighted by Crippen LogP contribution is 2.30. The number of rotatable bonds is 33. The van der Waals surface area contributed by atoms with E-state index in [1.165, 1.54) is 59.3 Å². The number of phenolic OH excluding ortho intramolecular Hbond substituents is 6. The van der Waals surface area contributed by atoms with Gasteiger partial charge in [-0.15, -0.1) is 6.58 Å². The van der Waals surface area contributed by atoms with Crippen LogP contribution in [0.1, 0.15) is 150 Å². The van der Waals surface area contributed by atoms with Crippen LogP contribution in [0, 0.1) is 0 Å². The number of phenols is 6. The number of nitrogens with zero attached hydrogens (tertiary/aromatic N) is 6. The molecule has 0 unspecified atom stereocenters. The van der Waals surface area contributed by atoms with Crippen LogP contribution in [0.25, 0.3) is 65.4 Å². The second kappa shape index (κ2) is 44.5. The van der Waals surface area contributed by atoms with Gasteiger partial charge in [-0.2, -0.15) is 0 Å². The Hall–Kier alpha value is -9.14. The van der Waals surface area contributed by atoms with Crippen molar-refractivity contribution in [1.29, 1.82) is 0 Å². The normalized spacial score (nSPS) is 11.7. The Morgan fingerprint density at radius 2 is 0.578 bits per heavy atom. The molecule has 0 saturated heterocycles. The van der Waals surface area contributed by atoms with E-state index in [-0.39, 0.29) is 0 Å². The number of hydrogen-bond acceptors (Lipinski definition) is 12. The summed E-state index contributed by atoms with van der Waals surface area (Å²) in [4.78, 5) is 34.1. The quantitative estimate of drug-likeness (QED) is 0.0172. The van der Waals surface area contributed by atoms with Gasteiger partial charge in [0.2, 0.25) is 0 Å². The summed E-state index contributed by atoms with van der Waals surface area (Å²) in [6.45, 7) is 48.7. The van der Waals surface area contributed by atoms with Gasteiger partial charge in [-0.1, -0.05) is 47.6 Å². The summed E-state index contributed by atoms with van der Waals surface area (Å²) in [5.74, 6) is 1.99. The third-order valence-electron chi connectivity index (χ3n) is 20.9. The molecule has 12 N–H and O–H groups in total. The number of benzene rings is 6. The maximum absolute atomic E-state index is 9.60. The number of nitrogens with one attached hydrogen (secondary N) is 6. The lowest BCUT2D eigenvalue weighted by atomic mass is 10.1. The van der Waals surface area contributed by atoms with Crippen molar-refractivity contribution in [3.05, 3.63) is 192 Å². The first kappa shape index (κ1) is 87.1. The smallest absolute Gasteiger partial charge is 0.116 e. The summed E-state index contributed by atoms with van der Waals surface area (Å²) < 4.78 is 0. The van der Waals surface area contributed by atoms with E-state index in [4.69, 9.17) is 0 Å². The minimum absolute atomic E-state index is 0.324. The Bertz CT molecular complexity index is 4510. The third kappa shape index (κ3) is 26.6. The Kier molecular flexibility index (Phi) is 35.6. The molecule has 12 rings (SSSR count). The minimum atomic E-state index is 0.324. The maximum atomic E-state index is 9.60. The molecule has 18 heteroatoms. The molecule has 0 atom stereocenters. The van der Waals surface area contributed by atoms with Gasteiger partial charge in [0.1, 0.15) is 34.5 Å². The van der Waals surface area contributed by atoms with Crippen LogP contribution in [0.3, 0.4) is 0 Å². The molecular weight excluding hydrogens is 1360 g/mol. The summed E-state index contributed by atoms with van der Waals surface area (Å²) in [6.07, 6.45) is 23.9. The molecule has 6 aromatic carbocycles. The van der Waals surface area contributed by atoms with Gasteiger partial charge in [-0.3, -0.25) is 9.80 Å². The Morgan fingerprint density at radius 3 is 0.835 bits per heavy atom. The molecule has 0 saturated carbocycles. The van der Waals surface area contributed by atoms with Gasteiger partial charge in [0.15, 0.2) is 0 Å². The largest absolute Gasteiger partial charge is 0.508 e. The first-order valence-electron chi connectivity index (χ1n) is 40.1. The van der Waals surface area contributed by atoms with E-state index in [9.17, 15) is 30.6 Å². The standard InChI is InChI=1S/2C16H24N2O.C16H22N2O.C15H22N2O.2C14H20N2O/c1-11(2)18(12(3)4)8-7-13-10-17-16-6-5-14(19)9-15(13)16;2*1-3-8-18(9-4-2)10-7-13-12-17-16-6-5-14(19)11-15(13)16;1-4-17(11(2)3)8-7-12-10-16-15-6-5-13(18)9-14(12)15;1-10(2)16(3)7-6-11-9-15-14-5-4-12(17)8-13(11)14;1-3-16(4-2)8-7-11-10-15-14-6-5-12(17)9-13(11)14/h5-6,9-12,17,19H,7-8H2,1-4H3;5-6,11-12,17,19H,3-4,7-10H2,1-2H3;3,5-6,11-12,17,19H,1,4,7-10H2,2H3;5-6,9-11,16,18H,4,7-8H2,1-3H3;4-5,8-10,15,17H,6-7H2,1-3H3;5-6,9-10,15,17H,3-4,7-8H2,1-2H3. The molecule has 6 aromatic heterocycles. The highest BCUT2D eigenvalue weighted by Gasteiger charge is 2.17. The SMILES string of the molecule is C=CCN(CCC)CCc1c[nH]c2ccc(O)cc12.CC(C)N(C)CCc1c[nH]c2ccc(O)cc12.CC(C)N(CCc1c[nH]c2ccc(O)cc12)C(C)C.CCCN(CCC)CCc1c[nH]c2ccc(O)cc12.CCN(CC)CCc1c[nH]c2ccc(O)cc12.CCN(CCc1c[nH]c2ccc(O)cc12)C(C)C. The van der Waals surface area contributed by atoms with Crippen LogP contribution >= 0.6 is 0 Å². The predicted molar refractivity (Wildman–Crippen MR) is 461 cm³/mol. The second-order valence-corrected chi connectivity index (χ2v) is 29.9. The van der Waals surface area contributed by atoms with Crippen LogP contribution in [-0.4, -0.2) is 206 Å². The average Bonchev–Trinajstić information content (AvgIpc) is 1.74. The number of aromatic amines is 6. The van der Waals surface area contributed by atoms with E-state index in [1.807, 2.05) is 97.5 Å². The summed E-state index contributed by atoms with van der Waals surface area (Å²) >= 11 is 0. The van der Waals surface area contributed by atoms with Gasteiger partial charge in [-0.05, 0) is 302 Å². The number of hydrogen-bond donors (Lipinski definition) is 12. The topological polar surface area (TPSA) is 236 Å². The van der Waals surface area contributed by atoms with Gasteiger partial charge in [-0.25, -0.2) is 0 Å². The lowest BCUT2D eigenvalue weighted by Crippen LogP contribution is -2.38. The number of likely N-dealkylation sites (N-methyl/N-ethyl adjacent to an activating group) is 3. The van der Waals surface area contributed by atoms with Crippen molar-refractivity contribution in [2.75, 3.05) is 92.1 Å². The molecule has 0 aliphatic rings. The Morgan fingerprint density at radius 1 is 0.312 bits per heavy atom. The van der Waals surface area contributed by atoms with E-state index in [0.29, 0.717) is 58.7 Å². The van der Waals surface area contributed by atoms with Crippen molar-refractivity contribution in [1.82, 2.24) is 59.3 Å². The van der Waals surface area contributed by atoms with E-state index in [0.717, 1.165) is 182 Å². The van der Waals surface area contributed by atoms with Crippen molar-refractivity contribution >= 4 is 65.4 Å². The van der Waals surface area contributed by atoms with Crippen molar-refractivity contribution in [2.24, 2.45) is 0 Å². The summed E-state index contributed by atoms with van der Waals surface area (Å²) in [5, 5.41) is 64.2. The van der Waals surface area contributed by atoms with E-state index in [1.54, 1.807) is 36.4 Å². The molecule has 18 nitrogen and oxygen atoms in total. The van der Waals surface area contributed by atoms with E-state index in [2.05, 4.69) is 188 Å². The molecule has 0 bridgehead atoms. The van der Waals surface area contributed by atoms with Crippen LogP contribution in [0.5, 0.6) is 34.5 Å². The fourth-order valence-corrected chi connectivity index (χ4v) is 14.3. The molecule has 0 aliphatic heterocycles. The summed E-state index contributed by atoms with van der Waals surface area (Å²) in [5.41, 5.74) is 14.2. The molecule has 0 fully saturated rings. The second-order valence-electron chi connectivity index (χ2n) is 29.9. The van der Waals surface area contributed by atoms with E-state index < -0.39 is 0 Å². The molecule has 0 aliphatic carbocycles. The zero-order chi connectivity index (χ0) is 79.1. The van der Waals surface area contributed by atoms with Gasteiger partial charge in [0, 0.05) is 173 Å². The average molecular weight is 1490 g/mol. The minimum Gasteiger partial charge on any atom is -0.508 e. The summed E-state index contributed by atoms with van der Waals surface area (Å²) in [6, 6.07) is 35.1. The lowest BCUT2D eigenvalue weighted by Gasteiger charge is -2.30. The van der Waals surface area contributed by atoms with Crippen molar-refractivity contribution in [3.8, 4) is 34.5 Å². The fraction of sp³-hybridized carbons (Fsp3) is 0.451. The monoisotopic (exact) mass is 1490 g/mol. The Balaban J connectivity index is 0.000000182. The molecule has 12 aromatic rings. The number of H-pyrrole nitrogens is 6. The Labute approximate surface area is 649 Å². The molecular formula is C91H132N12O6. The number of aromatic hydroxyl groups is 6. The molecule has 0 amide bonds. The van der Waals surface area contributed by atoms with Crippen LogP contribution < -0.4 is 0 Å². The van der Waals surface area contributed by atoms with Crippen molar-refractivity contribution in [2.45, 2.75) is 179 Å². The van der Waals surface area contributed by atoms with Gasteiger partial charge in [0.25, 0.3) is 0 Å². The molecule has 109 heavy (non-hydrogen) atoms. The van der Waals surface area contributed by atoms with Crippen LogP contribution in [0.4, 0.5) is 0 Å². The van der Waals surface area contributed by atoms with Crippen LogP contribution in [0.2, 0.25) is 0 Å². The van der Waals surface area contributed by atoms with Gasteiger partial charge in [0.05, 0.1) is 0 Å². The van der Waals surface area contributed by atoms with Crippen LogP contribution in [-0.2, 0) is 38.5 Å². The first-order chi connectivity index (χ1) is 52.4. The highest BCUT2D eigenvalue weighted by molar-refractivity contribution is 5.88. The summed E-state index contributed by atoms with van der Waals surface area (Å²) in [7, 11) is 2.14. The van der Waals surface area contributed by atoms with Crippen molar-refractivity contribution in [3.63, 3.8) is 0 Å². The van der Waals surface area contributed by atoms with Crippen molar-refractivity contribution < 1.29 is 30.6 Å². The maximum Gasteiger partial charge on any atom is 0.116 e. The zero-order valence-corrected chi connectivity index (χ0v) is 68.4. The number of fused-ring (bicyclic) bond motifs is 6. The zero-order valence-electron chi connectivity index (χ0n) is 68.4. The van der Waals surface area contributed by atoms with Gasteiger partial charge >= 0.3 is 0 Å². The van der Waals surface area contributed by atoms with Crippen LogP contribution in [0.15, 0.2) is 159 Å². The number of aromatic nitrogens is 6. The predicted octanol–water partition coefficient (Wildman–Crippen LogP) is 19.0. The molecule has 592 valence electrons. The molecule has 0 radical (unpaired) electrons. The van der Waals surface area contributed by atoms with Gasteiger partial charge < -0.3 is 80.1 Å². The highest BCUT2D eigenvalue weighted by atomic mass is 16.3. The molecule has 0 spiro atoms. The first-order valence-corrected chi connectivity index (χ1v) is 40.1. The third-order valence-corrected chi connectivity index (χ3v) is 20.9.